The zero-order valence-corrected chi connectivity index (χ0v) is 13.1. The first-order valence-electron chi connectivity index (χ1n) is 6.60. The van der Waals surface area contributed by atoms with E-state index in [4.69, 9.17) is 21.1 Å². The monoisotopic (exact) mass is 317 g/mol. The van der Waals surface area contributed by atoms with Crippen LogP contribution in [-0.4, -0.2) is 20.1 Å². The summed E-state index contributed by atoms with van der Waals surface area (Å²) in [5.41, 5.74) is 1.31. The van der Waals surface area contributed by atoms with Crippen LogP contribution in [0.2, 0.25) is 5.02 Å². The fourth-order valence-electron chi connectivity index (χ4n) is 1.95. The van der Waals surface area contributed by atoms with E-state index in [0.29, 0.717) is 22.2 Å². The van der Waals surface area contributed by atoms with E-state index in [2.05, 4.69) is 5.32 Å². The molecule has 0 bridgehead atoms. The molecule has 22 heavy (non-hydrogen) atoms. The first-order chi connectivity index (χ1) is 10.7. The van der Waals surface area contributed by atoms with Crippen molar-refractivity contribution in [1.82, 2.24) is 0 Å². The maximum atomic E-state index is 12.0. The van der Waals surface area contributed by atoms with Gasteiger partial charge in [-0.25, -0.2) is 0 Å². The lowest BCUT2D eigenvalue weighted by molar-refractivity contribution is -0.111. The van der Waals surface area contributed by atoms with Gasteiger partial charge in [0.1, 0.15) is 0 Å². The molecule has 0 aliphatic carbocycles. The Morgan fingerprint density at radius 2 is 1.86 bits per heavy atom. The third-order valence-corrected chi connectivity index (χ3v) is 3.31. The van der Waals surface area contributed by atoms with Gasteiger partial charge in [0.25, 0.3) is 0 Å². The summed E-state index contributed by atoms with van der Waals surface area (Å²) < 4.78 is 10.5. The molecule has 2 aromatic rings. The predicted octanol–water partition coefficient (Wildman–Crippen LogP) is 4.01. The summed E-state index contributed by atoms with van der Waals surface area (Å²) in [5, 5.41) is 3.21. The summed E-state index contributed by atoms with van der Waals surface area (Å²) in [6.45, 7) is 0. The van der Waals surface area contributed by atoms with Crippen molar-refractivity contribution in [2.45, 2.75) is 0 Å². The highest BCUT2D eigenvalue weighted by Crippen LogP contribution is 2.31. The van der Waals surface area contributed by atoms with Gasteiger partial charge in [-0.15, -0.1) is 0 Å². The number of hydrogen-bond acceptors (Lipinski definition) is 3. The van der Waals surface area contributed by atoms with Crippen LogP contribution in [0.5, 0.6) is 11.5 Å². The molecule has 0 radical (unpaired) electrons. The van der Waals surface area contributed by atoms with Gasteiger partial charge in [-0.05, 0) is 24.3 Å². The number of amides is 1. The number of anilines is 1. The van der Waals surface area contributed by atoms with Crippen LogP contribution in [0.1, 0.15) is 5.56 Å². The summed E-state index contributed by atoms with van der Waals surface area (Å²) in [5.74, 6) is 0.904. The molecule has 2 rings (SSSR count). The highest BCUT2D eigenvalue weighted by Gasteiger charge is 2.07. The van der Waals surface area contributed by atoms with E-state index >= 15 is 0 Å². The van der Waals surface area contributed by atoms with Crippen LogP contribution in [0.15, 0.2) is 48.5 Å². The van der Waals surface area contributed by atoms with E-state index in [-0.39, 0.29) is 5.91 Å². The lowest BCUT2D eigenvalue weighted by Crippen LogP contribution is -2.08. The van der Waals surface area contributed by atoms with Gasteiger partial charge >= 0.3 is 0 Å². The SMILES string of the molecule is COc1cccc(/C=C/C(=O)Nc2ccccc2Cl)c1OC. The van der Waals surface area contributed by atoms with Crippen LogP contribution in [0.3, 0.4) is 0 Å². The molecule has 0 saturated heterocycles. The third-order valence-electron chi connectivity index (χ3n) is 2.98. The van der Waals surface area contributed by atoms with E-state index < -0.39 is 0 Å². The maximum Gasteiger partial charge on any atom is 0.248 e. The lowest BCUT2D eigenvalue weighted by Gasteiger charge is -2.09. The van der Waals surface area contributed by atoms with Gasteiger partial charge in [0.2, 0.25) is 5.91 Å². The smallest absolute Gasteiger partial charge is 0.248 e. The van der Waals surface area contributed by atoms with E-state index in [1.54, 1.807) is 50.6 Å². The van der Waals surface area contributed by atoms with Crippen molar-refractivity contribution in [2.75, 3.05) is 19.5 Å². The topological polar surface area (TPSA) is 47.6 Å². The minimum absolute atomic E-state index is 0.280. The van der Waals surface area contributed by atoms with Crippen molar-refractivity contribution in [2.24, 2.45) is 0 Å². The third kappa shape index (κ3) is 3.80. The quantitative estimate of drug-likeness (QED) is 0.848. The molecule has 0 fully saturated rings. The van der Waals surface area contributed by atoms with Gasteiger partial charge in [-0.2, -0.15) is 0 Å². The van der Waals surface area contributed by atoms with Crippen molar-refractivity contribution in [1.29, 1.82) is 0 Å². The van der Waals surface area contributed by atoms with E-state index in [9.17, 15) is 4.79 Å². The van der Waals surface area contributed by atoms with Crippen LogP contribution in [0.4, 0.5) is 5.69 Å². The highest BCUT2D eigenvalue weighted by atomic mass is 35.5. The van der Waals surface area contributed by atoms with Crippen LogP contribution >= 0.6 is 11.6 Å². The highest BCUT2D eigenvalue weighted by molar-refractivity contribution is 6.33. The second-order valence-electron chi connectivity index (χ2n) is 4.39. The van der Waals surface area contributed by atoms with Gasteiger partial charge < -0.3 is 14.8 Å². The number of benzene rings is 2. The average molecular weight is 318 g/mol. The average Bonchev–Trinajstić information content (AvgIpc) is 2.54. The zero-order valence-electron chi connectivity index (χ0n) is 12.3. The van der Waals surface area contributed by atoms with E-state index in [0.717, 1.165) is 5.56 Å². The number of rotatable bonds is 5. The number of methoxy groups -OCH3 is 2. The molecule has 0 spiro atoms. The number of ether oxygens (including phenoxy) is 2. The predicted molar refractivity (Wildman–Crippen MR) is 88.7 cm³/mol. The Bertz CT molecular complexity index is 698. The molecular weight excluding hydrogens is 302 g/mol. The molecule has 0 unspecified atom stereocenters. The van der Waals surface area contributed by atoms with Crippen molar-refractivity contribution < 1.29 is 14.3 Å². The fourth-order valence-corrected chi connectivity index (χ4v) is 2.13. The van der Waals surface area contributed by atoms with E-state index in [1.807, 2.05) is 12.1 Å². The zero-order chi connectivity index (χ0) is 15.9. The molecule has 114 valence electrons. The molecule has 1 N–H and O–H groups in total. The Morgan fingerprint density at radius 1 is 1.09 bits per heavy atom. The molecular formula is C17H16ClNO3. The number of nitrogens with one attached hydrogen (secondary N) is 1. The largest absolute Gasteiger partial charge is 0.493 e. The fraction of sp³-hybridized carbons (Fsp3) is 0.118. The number of hydrogen-bond donors (Lipinski definition) is 1. The number of carbonyl (C=O) groups excluding carboxylic acids is 1. The Morgan fingerprint density at radius 3 is 2.55 bits per heavy atom. The van der Waals surface area contributed by atoms with Gasteiger partial charge in [-0.1, -0.05) is 35.9 Å². The molecule has 0 saturated carbocycles. The minimum atomic E-state index is -0.280. The van der Waals surface area contributed by atoms with Gasteiger partial charge in [0.15, 0.2) is 11.5 Å². The van der Waals surface area contributed by atoms with Crippen molar-refractivity contribution in [3.63, 3.8) is 0 Å². The van der Waals surface area contributed by atoms with Gasteiger partial charge in [-0.3, -0.25) is 4.79 Å². The first-order valence-corrected chi connectivity index (χ1v) is 6.98. The Kier molecular flexibility index (Phi) is 5.44. The number of para-hydroxylation sites is 2. The van der Waals surface area contributed by atoms with E-state index in [1.165, 1.54) is 6.08 Å². The molecule has 0 atom stereocenters. The van der Waals surface area contributed by atoms with Gasteiger partial charge in [0.05, 0.1) is 24.9 Å². The minimum Gasteiger partial charge on any atom is -0.493 e. The molecule has 1 amide bonds. The lowest BCUT2D eigenvalue weighted by atomic mass is 10.1. The number of halogens is 1. The maximum absolute atomic E-state index is 12.0. The molecule has 0 aliphatic rings. The van der Waals surface area contributed by atoms with Gasteiger partial charge in [0, 0.05) is 11.6 Å². The Hall–Kier alpha value is -2.46. The second kappa shape index (κ2) is 7.52. The van der Waals surface area contributed by atoms with Crippen molar-refractivity contribution in [3.05, 3.63) is 59.1 Å². The Labute approximate surface area is 134 Å². The standard InChI is InChI=1S/C17H16ClNO3/c1-21-15-9-5-6-12(17(15)22-2)10-11-16(20)19-14-8-4-3-7-13(14)18/h3-11H,1-2H3,(H,19,20)/b11-10+. The van der Waals surface area contributed by atoms with Crippen molar-refractivity contribution >= 4 is 29.3 Å². The summed E-state index contributed by atoms with van der Waals surface area (Å²) in [6, 6.07) is 12.5. The normalized spacial score (nSPS) is 10.5. The molecule has 0 aromatic heterocycles. The molecule has 5 heteroatoms. The second-order valence-corrected chi connectivity index (χ2v) is 4.79. The Balaban J connectivity index is 2.15. The van der Waals surface area contributed by atoms with Crippen LogP contribution in [-0.2, 0) is 4.79 Å². The summed E-state index contributed by atoms with van der Waals surface area (Å²) in [7, 11) is 3.12. The molecule has 0 aliphatic heterocycles. The molecule has 4 nitrogen and oxygen atoms in total. The molecule has 0 heterocycles. The first kappa shape index (κ1) is 15.9. The summed E-state index contributed by atoms with van der Waals surface area (Å²) >= 11 is 6.00. The van der Waals surface area contributed by atoms with Crippen molar-refractivity contribution in [3.8, 4) is 11.5 Å². The van der Waals surface area contributed by atoms with Crippen LogP contribution in [0.25, 0.3) is 6.08 Å². The summed E-state index contributed by atoms with van der Waals surface area (Å²) in [6.07, 6.45) is 3.08. The number of carbonyl (C=O) groups is 1. The van der Waals surface area contributed by atoms with Crippen LogP contribution in [0, 0.1) is 0 Å². The van der Waals surface area contributed by atoms with Crippen LogP contribution < -0.4 is 14.8 Å². The summed E-state index contributed by atoms with van der Waals surface area (Å²) in [4.78, 5) is 12.0. The molecule has 2 aromatic carbocycles.